The number of rotatable bonds is 3. The number of carbonyl (C=O) groups is 3. The first kappa shape index (κ1) is 14.8. The highest BCUT2D eigenvalue weighted by Crippen LogP contribution is 2.27. The van der Waals surface area contributed by atoms with Gasteiger partial charge >= 0.3 is 0 Å². The Hall–Kier alpha value is -2.11. The number of aromatic nitrogens is 1. The van der Waals surface area contributed by atoms with E-state index < -0.39 is 0 Å². The molecule has 2 heterocycles. The lowest BCUT2D eigenvalue weighted by Gasteiger charge is -2.33. The fourth-order valence-electron chi connectivity index (χ4n) is 3.44. The van der Waals surface area contributed by atoms with Crippen LogP contribution in [0, 0.1) is 6.92 Å². The SMILES string of the molecule is Cc1[nH]ccc1C(=O)NC1CCC(N2C(=O)CCC2=O)CC1. The summed E-state index contributed by atoms with van der Waals surface area (Å²) < 4.78 is 0. The molecule has 0 radical (unpaired) electrons. The lowest BCUT2D eigenvalue weighted by molar-refractivity contribution is -0.141. The lowest BCUT2D eigenvalue weighted by atomic mass is 9.90. The predicted octanol–water partition coefficient (Wildman–Crippen LogP) is 1.51. The highest BCUT2D eigenvalue weighted by atomic mass is 16.2. The zero-order valence-electron chi connectivity index (χ0n) is 12.7. The van der Waals surface area contributed by atoms with E-state index in [0.717, 1.165) is 31.4 Å². The van der Waals surface area contributed by atoms with Crippen molar-refractivity contribution in [1.82, 2.24) is 15.2 Å². The molecule has 1 aromatic heterocycles. The van der Waals surface area contributed by atoms with E-state index in [-0.39, 0.29) is 29.8 Å². The highest BCUT2D eigenvalue weighted by molar-refractivity contribution is 6.02. The minimum atomic E-state index is -0.0597. The lowest BCUT2D eigenvalue weighted by Crippen LogP contribution is -2.45. The number of hydrogen-bond acceptors (Lipinski definition) is 3. The normalized spacial score (nSPS) is 25.6. The number of hydrogen-bond donors (Lipinski definition) is 2. The number of imide groups is 1. The topological polar surface area (TPSA) is 82.3 Å². The van der Waals surface area contributed by atoms with E-state index in [1.54, 1.807) is 12.3 Å². The molecule has 0 bridgehead atoms. The van der Waals surface area contributed by atoms with Crippen LogP contribution in [0.25, 0.3) is 0 Å². The number of H-pyrrole nitrogens is 1. The van der Waals surface area contributed by atoms with E-state index in [2.05, 4.69) is 10.3 Å². The van der Waals surface area contributed by atoms with E-state index in [4.69, 9.17) is 0 Å². The van der Waals surface area contributed by atoms with Crippen molar-refractivity contribution in [2.24, 2.45) is 0 Å². The van der Waals surface area contributed by atoms with Gasteiger partial charge in [-0.15, -0.1) is 0 Å². The summed E-state index contributed by atoms with van der Waals surface area (Å²) in [5, 5.41) is 3.05. The fourth-order valence-corrected chi connectivity index (χ4v) is 3.44. The van der Waals surface area contributed by atoms with E-state index >= 15 is 0 Å². The first-order chi connectivity index (χ1) is 10.6. The van der Waals surface area contributed by atoms with Crippen molar-refractivity contribution in [3.63, 3.8) is 0 Å². The van der Waals surface area contributed by atoms with Crippen molar-refractivity contribution >= 4 is 17.7 Å². The second-order valence-electron chi connectivity index (χ2n) is 6.15. The quantitative estimate of drug-likeness (QED) is 0.830. The second-order valence-corrected chi connectivity index (χ2v) is 6.15. The van der Waals surface area contributed by atoms with Crippen molar-refractivity contribution < 1.29 is 14.4 Å². The van der Waals surface area contributed by atoms with Crippen molar-refractivity contribution in [3.05, 3.63) is 23.5 Å². The van der Waals surface area contributed by atoms with Crippen LogP contribution >= 0.6 is 0 Å². The first-order valence-corrected chi connectivity index (χ1v) is 7.86. The molecule has 6 nitrogen and oxygen atoms in total. The van der Waals surface area contributed by atoms with Crippen molar-refractivity contribution in [3.8, 4) is 0 Å². The molecule has 0 aromatic carbocycles. The second kappa shape index (κ2) is 5.94. The molecular weight excluding hydrogens is 282 g/mol. The third kappa shape index (κ3) is 2.77. The van der Waals surface area contributed by atoms with E-state index in [0.29, 0.717) is 18.4 Å². The van der Waals surface area contributed by atoms with Crippen LogP contribution in [0.5, 0.6) is 0 Å². The number of nitrogens with one attached hydrogen (secondary N) is 2. The summed E-state index contributed by atoms with van der Waals surface area (Å²) >= 11 is 0. The molecule has 0 atom stereocenters. The van der Waals surface area contributed by atoms with E-state index in [1.165, 1.54) is 4.90 Å². The minimum Gasteiger partial charge on any atom is -0.365 e. The Morgan fingerprint density at radius 2 is 1.82 bits per heavy atom. The largest absolute Gasteiger partial charge is 0.365 e. The molecule has 1 aliphatic heterocycles. The number of likely N-dealkylation sites (tertiary alicyclic amines) is 1. The highest BCUT2D eigenvalue weighted by Gasteiger charge is 2.37. The van der Waals surface area contributed by atoms with Gasteiger partial charge in [-0.2, -0.15) is 0 Å². The summed E-state index contributed by atoms with van der Waals surface area (Å²) in [5.74, 6) is -0.142. The maximum absolute atomic E-state index is 12.2. The van der Waals surface area contributed by atoms with Crippen LogP contribution in [0.15, 0.2) is 12.3 Å². The van der Waals surface area contributed by atoms with Gasteiger partial charge in [0.15, 0.2) is 0 Å². The van der Waals surface area contributed by atoms with Gasteiger partial charge in [0.05, 0.1) is 5.56 Å². The smallest absolute Gasteiger partial charge is 0.253 e. The number of aromatic amines is 1. The van der Waals surface area contributed by atoms with Gasteiger partial charge in [0.2, 0.25) is 11.8 Å². The molecule has 1 aromatic rings. The Morgan fingerprint density at radius 1 is 1.18 bits per heavy atom. The molecule has 0 spiro atoms. The van der Waals surface area contributed by atoms with Gasteiger partial charge in [0.25, 0.3) is 5.91 Å². The van der Waals surface area contributed by atoms with Gasteiger partial charge in [-0.3, -0.25) is 19.3 Å². The van der Waals surface area contributed by atoms with Gasteiger partial charge in [-0.1, -0.05) is 0 Å². The van der Waals surface area contributed by atoms with E-state index in [9.17, 15) is 14.4 Å². The van der Waals surface area contributed by atoms with Crippen LogP contribution in [0.1, 0.15) is 54.6 Å². The van der Waals surface area contributed by atoms with Crippen LogP contribution < -0.4 is 5.32 Å². The van der Waals surface area contributed by atoms with Crippen LogP contribution in [-0.2, 0) is 9.59 Å². The molecule has 6 heteroatoms. The molecule has 2 N–H and O–H groups in total. The molecule has 1 saturated carbocycles. The van der Waals surface area contributed by atoms with Gasteiger partial charge in [0.1, 0.15) is 0 Å². The first-order valence-electron chi connectivity index (χ1n) is 7.86. The third-order valence-electron chi connectivity index (χ3n) is 4.69. The van der Waals surface area contributed by atoms with Gasteiger partial charge < -0.3 is 10.3 Å². The van der Waals surface area contributed by atoms with Crippen LogP contribution in [-0.4, -0.2) is 39.7 Å². The number of nitrogens with zero attached hydrogens (tertiary/aromatic N) is 1. The summed E-state index contributed by atoms with van der Waals surface area (Å²) in [7, 11) is 0. The summed E-state index contributed by atoms with van der Waals surface area (Å²) in [6.07, 6.45) is 5.60. The number of amides is 3. The number of aryl methyl sites for hydroxylation is 1. The van der Waals surface area contributed by atoms with Gasteiger partial charge in [-0.25, -0.2) is 0 Å². The Balaban J connectivity index is 1.54. The van der Waals surface area contributed by atoms with Gasteiger partial charge in [0, 0.05) is 36.8 Å². The van der Waals surface area contributed by atoms with Crippen molar-refractivity contribution in [2.75, 3.05) is 0 Å². The Labute approximate surface area is 129 Å². The van der Waals surface area contributed by atoms with Gasteiger partial charge in [-0.05, 0) is 38.7 Å². The molecule has 22 heavy (non-hydrogen) atoms. The zero-order valence-corrected chi connectivity index (χ0v) is 12.7. The van der Waals surface area contributed by atoms with Crippen LogP contribution in [0.4, 0.5) is 0 Å². The molecule has 1 saturated heterocycles. The van der Waals surface area contributed by atoms with Crippen LogP contribution in [0.2, 0.25) is 0 Å². The molecule has 3 rings (SSSR count). The summed E-state index contributed by atoms with van der Waals surface area (Å²) in [6, 6.07) is 1.91. The zero-order chi connectivity index (χ0) is 15.7. The molecule has 3 amide bonds. The maximum atomic E-state index is 12.2. The number of carbonyl (C=O) groups excluding carboxylic acids is 3. The summed E-state index contributed by atoms with van der Waals surface area (Å²) in [4.78, 5) is 40.2. The van der Waals surface area contributed by atoms with E-state index in [1.807, 2.05) is 6.92 Å². The molecule has 118 valence electrons. The Morgan fingerprint density at radius 3 is 2.36 bits per heavy atom. The Kier molecular flexibility index (Phi) is 4.00. The predicted molar refractivity (Wildman–Crippen MR) is 80.1 cm³/mol. The molecule has 1 aliphatic carbocycles. The molecule has 2 aliphatic rings. The van der Waals surface area contributed by atoms with Crippen LogP contribution in [0.3, 0.4) is 0 Å². The fraction of sp³-hybridized carbons (Fsp3) is 0.562. The maximum Gasteiger partial charge on any atom is 0.253 e. The average Bonchev–Trinajstić information content (AvgIpc) is 3.06. The van der Waals surface area contributed by atoms with Crippen molar-refractivity contribution in [1.29, 1.82) is 0 Å². The third-order valence-corrected chi connectivity index (χ3v) is 4.69. The molecule has 2 fully saturated rings. The molecular formula is C16H21N3O3. The standard InChI is InChI=1S/C16H21N3O3/c1-10-13(8-9-17-10)16(22)18-11-2-4-12(5-3-11)19-14(20)6-7-15(19)21/h8-9,11-12,17H,2-7H2,1H3,(H,18,22). The minimum absolute atomic E-state index is 0.0182. The summed E-state index contributed by atoms with van der Waals surface area (Å²) in [6.45, 7) is 1.87. The molecule has 0 unspecified atom stereocenters. The Bertz CT molecular complexity index is 584. The monoisotopic (exact) mass is 303 g/mol. The van der Waals surface area contributed by atoms with Crippen molar-refractivity contribution in [2.45, 2.75) is 57.5 Å². The summed E-state index contributed by atoms with van der Waals surface area (Å²) in [5.41, 5.74) is 1.53. The average molecular weight is 303 g/mol.